The number of aromatic nitrogens is 2. The first-order chi connectivity index (χ1) is 8.61. The monoisotopic (exact) mass is 358 g/mol. The van der Waals surface area contributed by atoms with Gasteiger partial charge in [0.15, 0.2) is 0 Å². The molecule has 0 atom stereocenters. The maximum Gasteiger partial charge on any atom is 0.335 e. The molecule has 1 aromatic heterocycles. The highest BCUT2D eigenvalue weighted by atomic mass is 127. The summed E-state index contributed by atoms with van der Waals surface area (Å²) in [5.41, 5.74) is 0.194. The number of aryl methyl sites for hydroxylation is 1. The summed E-state index contributed by atoms with van der Waals surface area (Å²) in [5.74, 6) is -0.480. The summed E-state index contributed by atoms with van der Waals surface area (Å²) in [6, 6.07) is 5.21. The van der Waals surface area contributed by atoms with Crippen LogP contribution in [0.25, 0.3) is 0 Å². The van der Waals surface area contributed by atoms with Gasteiger partial charge in [0.25, 0.3) is 0 Å². The molecule has 0 spiro atoms. The summed E-state index contributed by atoms with van der Waals surface area (Å²) in [6.45, 7) is 2.72. The smallest absolute Gasteiger partial charge is 0.335 e. The van der Waals surface area contributed by atoms with Crippen LogP contribution in [0.4, 0.5) is 0 Å². The molecular weight excluding hydrogens is 347 g/mol. The topological polar surface area (TPSA) is 64.4 Å². The van der Waals surface area contributed by atoms with E-state index in [1.165, 1.54) is 6.07 Å². The van der Waals surface area contributed by atoms with Gasteiger partial charge in [-0.3, -0.25) is 0 Å². The molecule has 6 heteroatoms. The second-order valence-electron chi connectivity index (χ2n) is 3.55. The number of carboxylic acid groups (broad SMARTS) is 1. The van der Waals surface area contributed by atoms with E-state index in [2.05, 4.69) is 27.6 Å². The van der Waals surface area contributed by atoms with E-state index in [1.54, 1.807) is 18.3 Å². The highest BCUT2D eigenvalue weighted by molar-refractivity contribution is 14.1. The van der Waals surface area contributed by atoms with E-state index in [4.69, 9.17) is 9.84 Å². The van der Waals surface area contributed by atoms with Crippen molar-refractivity contribution in [1.82, 2.24) is 9.55 Å². The van der Waals surface area contributed by atoms with Gasteiger partial charge in [-0.2, -0.15) is 0 Å². The van der Waals surface area contributed by atoms with E-state index in [-0.39, 0.29) is 5.56 Å². The third-order valence-corrected chi connectivity index (χ3v) is 3.29. The number of nitrogens with zero attached hydrogens (tertiary/aromatic N) is 2. The van der Waals surface area contributed by atoms with Gasteiger partial charge in [-0.05, 0) is 47.7 Å². The molecule has 2 aromatic rings. The number of halogens is 1. The fourth-order valence-corrected chi connectivity index (χ4v) is 1.90. The van der Waals surface area contributed by atoms with Gasteiger partial charge in [-0.1, -0.05) is 0 Å². The average molecular weight is 358 g/mol. The molecule has 0 saturated carbocycles. The lowest BCUT2D eigenvalue weighted by Gasteiger charge is -2.09. The van der Waals surface area contributed by atoms with Crippen LogP contribution in [0.1, 0.15) is 17.3 Å². The minimum Gasteiger partial charge on any atom is -0.478 e. The highest BCUT2D eigenvalue weighted by Crippen LogP contribution is 2.27. The molecule has 5 nitrogen and oxygen atoms in total. The van der Waals surface area contributed by atoms with Crippen molar-refractivity contribution in [2.45, 2.75) is 13.5 Å². The largest absolute Gasteiger partial charge is 0.478 e. The molecule has 1 aromatic carbocycles. The number of carboxylic acids is 1. The van der Waals surface area contributed by atoms with Gasteiger partial charge >= 0.3 is 12.0 Å². The minimum absolute atomic E-state index is 0.194. The standard InChI is InChI=1S/C12H11IN2O3/c1-2-15-6-5-14-12(15)18-10-7-8(11(16)17)3-4-9(10)13/h3-7H,2H2,1H3,(H,16,17). The van der Waals surface area contributed by atoms with Crippen LogP contribution in [0.3, 0.4) is 0 Å². The van der Waals surface area contributed by atoms with Crippen LogP contribution in [0.5, 0.6) is 11.8 Å². The SMILES string of the molecule is CCn1ccnc1Oc1cc(C(=O)O)ccc1I. The summed E-state index contributed by atoms with van der Waals surface area (Å²) in [5, 5.41) is 8.95. The summed E-state index contributed by atoms with van der Waals surface area (Å²) in [6.07, 6.45) is 3.45. The van der Waals surface area contributed by atoms with Crippen LogP contribution in [0.2, 0.25) is 0 Å². The lowest BCUT2D eigenvalue weighted by atomic mass is 10.2. The quantitative estimate of drug-likeness (QED) is 0.854. The lowest BCUT2D eigenvalue weighted by molar-refractivity contribution is 0.0696. The summed E-state index contributed by atoms with van der Waals surface area (Å²) in [4.78, 5) is 15.0. The fraction of sp³-hybridized carbons (Fsp3) is 0.167. The maximum atomic E-state index is 10.9. The van der Waals surface area contributed by atoms with Gasteiger partial charge in [0.1, 0.15) is 5.75 Å². The van der Waals surface area contributed by atoms with Crippen LogP contribution >= 0.6 is 22.6 Å². The van der Waals surface area contributed by atoms with Crippen LogP contribution < -0.4 is 4.74 Å². The van der Waals surface area contributed by atoms with E-state index < -0.39 is 5.97 Å². The number of rotatable bonds is 4. The first kappa shape index (κ1) is 12.9. The van der Waals surface area contributed by atoms with Gasteiger partial charge in [-0.25, -0.2) is 9.78 Å². The van der Waals surface area contributed by atoms with Crippen molar-refractivity contribution in [1.29, 1.82) is 0 Å². The molecule has 0 bridgehead atoms. The minimum atomic E-state index is -0.977. The molecule has 0 unspecified atom stereocenters. The van der Waals surface area contributed by atoms with Crippen molar-refractivity contribution in [2.75, 3.05) is 0 Å². The number of ether oxygens (including phenoxy) is 1. The molecule has 0 aliphatic rings. The fourth-order valence-electron chi connectivity index (χ4n) is 1.45. The molecule has 0 aliphatic heterocycles. The zero-order valence-electron chi connectivity index (χ0n) is 9.63. The Kier molecular flexibility index (Phi) is 3.85. The van der Waals surface area contributed by atoms with Gasteiger partial charge < -0.3 is 14.4 Å². The highest BCUT2D eigenvalue weighted by Gasteiger charge is 2.11. The van der Waals surface area contributed by atoms with Crippen molar-refractivity contribution >= 4 is 28.6 Å². The predicted molar refractivity (Wildman–Crippen MR) is 74.1 cm³/mol. The van der Waals surface area contributed by atoms with Crippen LogP contribution in [-0.4, -0.2) is 20.6 Å². The Bertz CT molecular complexity index is 580. The first-order valence-corrected chi connectivity index (χ1v) is 6.41. The van der Waals surface area contributed by atoms with E-state index in [1.807, 2.05) is 17.7 Å². The number of hydrogen-bond donors (Lipinski definition) is 1. The summed E-state index contributed by atoms with van der Waals surface area (Å²) in [7, 11) is 0. The first-order valence-electron chi connectivity index (χ1n) is 5.33. The van der Waals surface area contributed by atoms with Gasteiger partial charge in [0, 0.05) is 18.9 Å². The van der Waals surface area contributed by atoms with E-state index in [0.717, 1.165) is 10.1 Å². The van der Waals surface area contributed by atoms with Crippen molar-refractivity contribution < 1.29 is 14.6 Å². The van der Waals surface area contributed by atoms with Crippen LogP contribution in [0, 0.1) is 3.57 Å². The number of benzene rings is 1. The third kappa shape index (κ3) is 2.63. The Morgan fingerprint density at radius 2 is 2.33 bits per heavy atom. The van der Waals surface area contributed by atoms with Crippen molar-refractivity contribution in [2.24, 2.45) is 0 Å². The molecule has 94 valence electrons. The van der Waals surface area contributed by atoms with Crippen LogP contribution in [-0.2, 0) is 6.54 Å². The number of imidazole rings is 1. The lowest BCUT2D eigenvalue weighted by Crippen LogP contribution is -2.01. The maximum absolute atomic E-state index is 10.9. The summed E-state index contributed by atoms with van der Waals surface area (Å²) >= 11 is 2.09. The Morgan fingerprint density at radius 1 is 1.56 bits per heavy atom. The second-order valence-corrected chi connectivity index (χ2v) is 4.71. The molecule has 0 amide bonds. The molecular formula is C12H11IN2O3. The average Bonchev–Trinajstić information content (AvgIpc) is 2.79. The number of hydrogen-bond acceptors (Lipinski definition) is 3. The van der Waals surface area contributed by atoms with Gasteiger partial charge in [-0.15, -0.1) is 0 Å². The molecule has 0 fully saturated rings. The molecule has 2 rings (SSSR count). The predicted octanol–water partition coefficient (Wildman–Crippen LogP) is 3.00. The van der Waals surface area contributed by atoms with Crippen LogP contribution in [0.15, 0.2) is 30.6 Å². The third-order valence-electron chi connectivity index (χ3n) is 2.40. The van der Waals surface area contributed by atoms with Gasteiger partial charge in [0.05, 0.1) is 9.13 Å². The zero-order chi connectivity index (χ0) is 13.1. The van der Waals surface area contributed by atoms with E-state index >= 15 is 0 Å². The Balaban J connectivity index is 2.33. The van der Waals surface area contributed by atoms with Crippen molar-refractivity contribution in [3.8, 4) is 11.8 Å². The number of carbonyl (C=O) groups is 1. The molecule has 0 radical (unpaired) electrons. The summed E-state index contributed by atoms with van der Waals surface area (Å²) < 4.78 is 8.32. The van der Waals surface area contributed by atoms with Crippen molar-refractivity contribution in [3.05, 3.63) is 39.7 Å². The number of aromatic carboxylic acids is 1. The Morgan fingerprint density at radius 3 is 3.00 bits per heavy atom. The zero-order valence-corrected chi connectivity index (χ0v) is 11.8. The Labute approximate surface area is 118 Å². The normalized spacial score (nSPS) is 10.3. The molecule has 1 heterocycles. The Hall–Kier alpha value is -1.57. The van der Waals surface area contributed by atoms with E-state index in [9.17, 15) is 4.79 Å². The molecule has 0 saturated heterocycles. The van der Waals surface area contributed by atoms with E-state index in [0.29, 0.717) is 11.8 Å². The molecule has 18 heavy (non-hydrogen) atoms. The molecule has 1 N–H and O–H groups in total. The van der Waals surface area contributed by atoms with Gasteiger partial charge in [0.2, 0.25) is 0 Å². The van der Waals surface area contributed by atoms with Crippen molar-refractivity contribution in [3.63, 3.8) is 0 Å². The second kappa shape index (κ2) is 5.38. The molecule has 0 aliphatic carbocycles.